The first kappa shape index (κ1) is 11.0. The van der Waals surface area contributed by atoms with Gasteiger partial charge in [0.05, 0.1) is 0 Å². The normalized spacial score (nSPS) is 24.9. The van der Waals surface area contributed by atoms with Gasteiger partial charge in [0.2, 0.25) is 0 Å². The Balaban J connectivity index is 2.05. The van der Waals surface area contributed by atoms with Crippen molar-refractivity contribution < 1.29 is 0 Å². The van der Waals surface area contributed by atoms with E-state index in [4.69, 9.17) is 0 Å². The van der Waals surface area contributed by atoms with Gasteiger partial charge >= 0.3 is 0 Å². The number of piperidine rings is 1. The number of nitrogens with zero attached hydrogens (tertiary/aromatic N) is 1. The second-order valence-corrected chi connectivity index (χ2v) is 4.19. The minimum Gasteiger partial charge on any atom is -0.315 e. The largest absolute Gasteiger partial charge is 0.315 e. The molecule has 0 spiro atoms. The molecule has 2 nitrogen and oxygen atoms in total. The van der Waals surface area contributed by atoms with Crippen LogP contribution in [0.2, 0.25) is 0 Å². The number of unbranched alkanes of at least 4 members (excludes halogenated alkanes) is 1. The molecule has 1 rings (SSSR count). The van der Waals surface area contributed by atoms with Crippen LogP contribution in [0.3, 0.4) is 0 Å². The van der Waals surface area contributed by atoms with Crippen LogP contribution in [-0.4, -0.2) is 37.6 Å². The van der Waals surface area contributed by atoms with Gasteiger partial charge in [0.1, 0.15) is 0 Å². The van der Waals surface area contributed by atoms with Gasteiger partial charge in [-0.15, -0.1) is 0 Å². The average molecular weight is 184 g/mol. The Morgan fingerprint density at radius 3 is 2.92 bits per heavy atom. The standard InChI is InChI=1S/C11H24N2/c1-3-4-8-12-10-11-7-5-6-9-13(11)2/h11-12H,3-10H2,1-2H3/t11-/m1/s1. The average Bonchev–Trinajstić information content (AvgIpc) is 2.15. The zero-order valence-corrected chi connectivity index (χ0v) is 9.18. The van der Waals surface area contributed by atoms with E-state index in [0.717, 1.165) is 6.04 Å². The van der Waals surface area contributed by atoms with Gasteiger partial charge in [-0.1, -0.05) is 19.8 Å². The third-order valence-electron chi connectivity index (χ3n) is 3.01. The van der Waals surface area contributed by atoms with Crippen molar-refractivity contribution in [3.8, 4) is 0 Å². The van der Waals surface area contributed by atoms with Crippen molar-refractivity contribution in [2.75, 3.05) is 26.7 Å². The van der Waals surface area contributed by atoms with Crippen molar-refractivity contribution in [1.29, 1.82) is 0 Å². The van der Waals surface area contributed by atoms with Gasteiger partial charge in [-0.05, 0) is 39.4 Å². The Bertz CT molecular complexity index is 125. The molecular formula is C11H24N2. The molecule has 1 aliphatic rings. The highest BCUT2D eigenvalue weighted by molar-refractivity contribution is 4.75. The van der Waals surface area contributed by atoms with Gasteiger partial charge in [-0.25, -0.2) is 0 Å². The molecule has 1 atom stereocenters. The topological polar surface area (TPSA) is 15.3 Å². The Kier molecular flexibility index (Phi) is 5.40. The van der Waals surface area contributed by atoms with Gasteiger partial charge in [-0.3, -0.25) is 0 Å². The van der Waals surface area contributed by atoms with E-state index in [-0.39, 0.29) is 0 Å². The summed E-state index contributed by atoms with van der Waals surface area (Å²) >= 11 is 0. The lowest BCUT2D eigenvalue weighted by Crippen LogP contribution is -2.43. The van der Waals surface area contributed by atoms with Gasteiger partial charge in [0.25, 0.3) is 0 Å². The molecule has 0 saturated carbocycles. The smallest absolute Gasteiger partial charge is 0.0217 e. The first-order chi connectivity index (χ1) is 6.34. The highest BCUT2D eigenvalue weighted by Crippen LogP contribution is 2.13. The number of likely N-dealkylation sites (tertiary alicyclic amines) is 1. The molecule has 0 bridgehead atoms. The van der Waals surface area contributed by atoms with E-state index in [2.05, 4.69) is 24.2 Å². The van der Waals surface area contributed by atoms with Crippen LogP contribution in [0.1, 0.15) is 39.0 Å². The van der Waals surface area contributed by atoms with Crippen molar-refractivity contribution in [2.24, 2.45) is 0 Å². The van der Waals surface area contributed by atoms with Gasteiger partial charge in [-0.2, -0.15) is 0 Å². The molecular weight excluding hydrogens is 160 g/mol. The summed E-state index contributed by atoms with van der Waals surface area (Å²) in [5.41, 5.74) is 0. The van der Waals surface area contributed by atoms with Crippen molar-refractivity contribution in [1.82, 2.24) is 10.2 Å². The molecule has 0 aromatic heterocycles. The molecule has 0 radical (unpaired) electrons. The molecule has 78 valence electrons. The van der Waals surface area contributed by atoms with Crippen LogP contribution in [0.25, 0.3) is 0 Å². The Morgan fingerprint density at radius 2 is 2.23 bits per heavy atom. The fourth-order valence-electron chi connectivity index (χ4n) is 1.97. The molecule has 1 fully saturated rings. The lowest BCUT2D eigenvalue weighted by atomic mass is 10.0. The molecule has 0 aromatic rings. The highest BCUT2D eigenvalue weighted by Gasteiger charge is 2.17. The van der Waals surface area contributed by atoms with E-state index < -0.39 is 0 Å². The molecule has 0 unspecified atom stereocenters. The number of rotatable bonds is 5. The van der Waals surface area contributed by atoms with Crippen LogP contribution in [0.15, 0.2) is 0 Å². The molecule has 1 aliphatic heterocycles. The maximum Gasteiger partial charge on any atom is 0.0217 e. The van der Waals surface area contributed by atoms with E-state index in [1.807, 2.05) is 0 Å². The number of hydrogen-bond acceptors (Lipinski definition) is 2. The summed E-state index contributed by atoms with van der Waals surface area (Å²) < 4.78 is 0. The fourth-order valence-corrected chi connectivity index (χ4v) is 1.97. The van der Waals surface area contributed by atoms with E-state index in [9.17, 15) is 0 Å². The van der Waals surface area contributed by atoms with Gasteiger partial charge < -0.3 is 10.2 Å². The number of hydrogen-bond donors (Lipinski definition) is 1. The quantitative estimate of drug-likeness (QED) is 0.656. The first-order valence-corrected chi connectivity index (χ1v) is 5.75. The van der Waals surface area contributed by atoms with Gasteiger partial charge in [0.15, 0.2) is 0 Å². The summed E-state index contributed by atoms with van der Waals surface area (Å²) in [5, 5.41) is 3.54. The lowest BCUT2D eigenvalue weighted by molar-refractivity contribution is 0.182. The van der Waals surface area contributed by atoms with Crippen molar-refractivity contribution in [2.45, 2.75) is 45.1 Å². The van der Waals surface area contributed by atoms with Crippen molar-refractivity contribution in [3.05, 3.63) is 0 Å². The number of likely N-dealkylation sites (N-methyl/N-ethyl adjacent to an activating group) is 1. The van der Waals surface area contributed by atoms with E-state index in [1.54, 1.807) is 0 Å². The molecule has 13 heavy (non-hydrogen) atoms. The predicted octanol–water partition coefficient (Wildman–Crippen LogP) is 1.86. The van der Waals surface area contributed by atoms with E-state index in [1.165, 1.54) is 51.7 Å². The summed E-state index contributed by atoms with van der Waals surface area (Å²) in [6, 6.07) is 0.797. The van der Waals surface area contributed by atoms with Crippen LogP contribution in [0.4, 0.5) is 0 Å². The number of nitrogens with one attached hydrogen (secondary N) is 1. The second-order valence-electron chi connectivity index (χ2n) is 4.19. The third kappa shape index (κ3) is 4.10. The molecule has 1 N–H and O–H groups in total. The van der Waals surface area contributed by atoms with Crippen LogP contribution in [-0.2, 0) is 0 Å². The summed E-state index contributed by atoms with van der Waals surface area (Å²) in [6.45, 7) is 5.92. The monoisotopic (exact) mass is 184 g/mol. The predicted molar refractivity (Wildman–Crippen MR) is 58.0 cm³/mol. The zero-order valence-electron chi connectivity index (χ0n) is 9.18. The molecule has 1 saturated heterocycles. The molecule has 2 heteroatoms. The maximum atomic E-state index is 3.54. The van der Waals surface area contributed by atoms with Crippen LogP contribution in [0.5, 0.6) is 0 Å². The SMILES string of the molecule is CCCCNC[C@H]1CCCCN1C. The fraction of sp³-hybridized carbons (Fsp3) is 1.00. The third-order valence-corrected chi connectivity index (χ3v) is 3.01. The molecule has 1 heterocycles. The highest BCUT2D eigenvalue weighted by atomic mass is 15.2. The molecule has 0 amide bonds. The summed E-state index contributed by atoms with van der Waals surface area (Å²) in [6.07, 6.45) is 6.81. The molecule has 0 aromatic carbocycles. The summed E-state index contributed by atoms with van der Waals surface area (Å²) in [7, 11) is 2.26. The van der Waals surface area contributed by atoms with Crippen molar-refractivity contribution in [3.63, 3.8) is 0 Å². The van der Waals surface area contributed by atoms with Gasteiger partial charge in [0, 0.05) is 12.6 Å². The van der Waals surface area contributed by atoms with Crippen LogP contribution < -0.4 is 5.32 Å². The minimum absolute atomic E-state index is 0.797. The molecule has 0 aliphatic carbocycles. The van der Waals surface area contributed by atoms with Crippen molar-refractivity contribution >= 4 is 0 Å². The van der Waals surface area contributed by atoms with E-state index >= 15 is 0 Å². The summed E-state index contributed by atoms with van der Waals surface area (Å²) in [4.78, 5) is 2.50. The Hall–Kier alpha value is -0.0800. The Labute approximate surface area is 82.7 Å². The first-order valence-electron chi connectivity index (χ1n) is 5.75. The summed E-state index contributed by atoms with van der Waals surface area (Å²) in [5.74, 6) is 0. The minimum atomic E-state index is 0.797. The zero-order chi connectivity index (χ0) is 9.52. The van der Waals surface area contributed by atoms with Crippen LogP contribution in [0, 0.1) is 0 Å². The second kappa shape index (κ2) is 6.39. The lowest BCUT2D eigenvalue weighted by Gasteiger charge is -2.32. The Morgan fingerprint density at radius 1 is 1.38 bits per heavy atom. The maximum absolute atomic E-state index is 3.54. The van der Waals surface area contributed by atoms with E-state index in [0.29, 0.717) is 0 Å². The van der Waals surface area contributed by atoms with Crippen LogP contribution >= 0.6 is 0 Å².